The molecule has 1 heterocycles. The maximum Gasteiger partial charge on any atom is 0.246 e. The molecule has 3 N–H and O–H groups in total. The maximum absolute atomic E-state index is 11.9. The molecule has 100 valence electrons. The van der Waals surface area contributed by atoms with Gasteiger partial charge in [0, 0.05) is 0 Å². The number of carbonyl (C=O) groups is 1. The van der Waals surface area contributed by atoms with E-state index in [0.29, 0.717) is 18.2 Å². The first-order valence-corrected chi connectivity index (χ1v) is 5.50. The van der Waals surface area contributed by atoms with E-state index in [0.717, 1.165) is 0 Å². The number of methoxy groups -OCH3 is 2. The molecule has 7 heteroatoms. The van der Waals surface area contributed by atoms with Crippen molar-refractivity contribution in [1.82, 2.24) is 9.97 Å². The first-order chi connectivity index (χ1) is 8.42. The van der Waals surface area contributed by atoms with Gasteiger partial charge in [-0.15, -0.1) is 0 Å². The maximum atomic E-state index is 11.9. The lowest BCUT2D eigenvalue weighted by atomic mass is 10.00. The SMILES string of the molecule is CCC(C)(N)C(=O)Nc1nc(OC)cc(OC)n1. The van der Waals surface area contributed by atoms with Gasteiger partial charge >= 0.3 is 0 Å². The van der Waals surface area contributed by atoms with Crippen molar-refractivity contribution in [3.63, 3.8) is 0 Å². The van der Waals surface area contributed by atoms with Crippen LogP contribution in [-0.4, -0.2) is 35.6 Å². The molecule has 0 saturated heterocycles. The predicted molar refractivity (Wildman–Crippen MR) is 66.6 cm³/mol. The Morgan fingerprint density at radius 3 is 2.28 bits per heavy atom. The third-order valence-corrected chi connectivity index (χ3v) is 2.58. The lowest BCUT2D eigenvalue weighted by molar-refractivity contribution is -0.120. The van der Waals surface area contributed by atoms with Crippen LogP contribution in [0.3, 0.4) is 0 Å². The zero-order valence-corrected chi connectivity index (χ0v) is 11.0. The van der Waals surface area contributed by atoms with Crippen molar-refractivity contribution in [2.24, 2.45) is 5.73 Å². The largest absolute Gasteiger partial charge is 0.481 e. The summed E-state index contributed by atoms with van der Waals surface area (Å²) in [6, 6.07) is 1.51. The summed E-state index contributed by atoms with van der Waals surface area (Å²) >= 11 is 0. The molecular weight excluding hydrogens is 236 g/mol. The van der Waals surface area contributed by atoms with Crippen LogP contribution >= 0.6 is 0 Å². The number of carbonyl (C=O) groups excluding carboxylic acids is 1. The Bertz CT molecular complexity index is 412. The minimum absolute atomic E-state index is 0.0984. The van der Waals surface area contributed by atoms with Crippen LogP contribution in [0.5, 0.6) is 11.8 Å². The number of amides is 1. The summed E-state index contributed by atoms with van der Waals surface area (Å²) in [6.07, 6.45) is 0.500. The van der Waals surface area contributed by atoms with Crippen LogP contribution in [0.15, 0.2) is 6.07 Å². The number of ether oxygens (including phenoxy) is 2. The molecule has 0 aliphatic heterocycles. The van der Waals surface area contributed by atoms with Crippen molar-refractivity contribution in [2.45, 2.75) is 25.8 Å². The summed E-state index contributed by atoms with van der Waals surface area (Å²) in [5.74, 6) is 0.335. The Labute approximate surface area is 106 Å². The van der Waals surface area contributed by atoms with Crippen molar-refractivity contribution >= 4 is 11.9 Å². The fourth-order valence-electron chi connectivity index (χ4n) is 1.07. The van der Waals surface area contributed by atoms with E-state index in [9.17, 15) is 4.79 Å². The Morgan fingerprint density at radius 2 is 1.89 bits per heavy atom. The van der Waals surface area contributed by atoms with Crippen LogP contribution in [0.1, 0.15) is 20.3 Å². The Balaban J connectivity index is 2.93. The van der Waals surface area contributed by atoms with Crippen molar-refractivity contribution in [3.05, 3.63) is 6.07 Å². The Hall–Kier alpha value is -1.89. The third kappa shape index (κ3) is 3.30. The van der Waals surface area contributed by atoms with Gasteiger partial charge in [0.15, 0.2) is 0 Å². The van der Waals surface area contributed by atoms with Crippen LogP contribution in [0.2, 0.25) is 0 Å². The van der Waals surface area contributed by atoms with Gasteiger partial charge < -0.3 is 15.2 Å². The monoisotopic (exact) mass is 254 g/mol. The molecule has 18 heavy (non-hydrogen) atoms. The minimum Gasteiger partial charge on any atom is -0.481 e. The number of nitrogens with one attached hydrogen (secondary N) is 1. The summed E-state index contributed by atoms with van der Waals surface area (Å²) in [4.78, 5) is 19.8. The van der Waals surface area contributed by atoms with Crippen molar-refractivity contribution in [3.8, 4) is 11.8 Å². The van der Waals surface area contributed by atoms with Gasteiger partial charge in [0.2, 0.25) is 23.6 Å². The molecule has 1 atom stereocenters. The first kappa shape index (κ1) is 14.2. The van der Waals surface area contributed by atoms with Crippen LogP contribution < -0.4 is 20.5 Å². The molecule has 0 aliphatic carbocycles. The van der Waals surface area contributed by atoms with Gasteiger partial charge in [0.1, 0.15) is 0 Å². The van der Waals surface area contributed by atoms with E-state index in [-0.39, 0.29) is 11.9 Å². The fourth-order valence-corrected chi connectivity index (χ4v) is 1.07. The van der Waals surface area contributed by atoms with Gasteiger partial charge in [0.25, 0.3) is 0 Å². The van der Waals surface area contributed by atoms with Crippen molar-refractivity contribution in [2.75, 3.05) is 19.5 Å². The van der Waals surface area contributed by atoms with E-state index in [2.05, 4.69) is 15.3 Å². The van der Waals surface area contributed by atoms with Crippen molar-refractivity contribution in [1.29, 1.82) is 0 Å². The number of aromatic nitrogens is 2. The summed E-state index contributed by atoms with van der Waals surface area (Å²) < 4.78 is 9.95. The van der Waals surface area contributed by atoms with E-state index in [4.69, 9.17) is 15.2 Å². The second-order valence-electron chi connectivity index (χ2n) is 4.00. The minimum atomic E-state index is -0.973. The molecule has 1 amide bonds. The van der Waals surface area contributed by atoms with E-state index >= 15 is 0 Å². The number of nitrogens with zero attached hydrogens (tertiary/aromatic N) is 2. The van der Waals surface area contributed by atoms with Gasteiger partial charge in [-0.3, -0.25) is 10.1 Å². The molecule has 0 aliphatic rings. The lowest BCUT2D eigenvalue weighted by Crippen LogP contribution is -2.48. The first-order valence-electron chi connectivity index (χ1n) is 5.50. The average molecular weight is 254 g/mol. The highest BCUT2D eigenvalue weighted by molar-refractivity contribution is 5.96. The van der Waals surface area contributed by atoms with E-state index in [1.165, 1.54) is 20.3 Å². The molecule has 1 aromatic heterocycles. The van der Waals surface area contributed by atoms with Crippen LogP contribution in [0.4, 0.5) is 5.95 Å². The molecule has 0 saturated carbocycles. The number of anilines is 1. The second-order valence-corrected chi connectivity index (χ2v) is 4.00. The van der Waals surface area contributed by atoms with Gasteiger partial charge in [0.05, 0.1) is 25.8 Å². The lowest BCUT2D eigenvalue weighted by Gasteiger charge is -2.20. The van der Waals surface area contributed by atoms with Crippen LogP contribution in [-0.2, 0) is 4.79 Å². The van der Waals surface area contributed by atoms with Crippen LogP contribution in [0.25, 0.3) is 0 Å². The molecule has 1 rings (SSSR count). The van der Waals surface area contributed by atoms with Gasteiger partial charge in [-0.1, -0.05) is 6.92 Å². The molecule has 1 unspecified atom stereocenters. The van der Waals surface area contributed by atoms with Gasteiger partial charge in [-0.2, -0.15) is 9.97 Å². The number of nitrogens with two attached hydrogens (primary N) is 1. The quantitative estimate of drug-likeness (QED) is 0.796. The molecular formula is C11H18N4O3. The summed E-state index contributed by atoms with van der Waals surface area (Å²) in [5.41, 5.74) is 4.85. The third-order valence-electron chi connectivity index (χ3n) is 2.58. The van der Waals surface area contributed by atoms with Crippen LogP contribution in [0, 0.1) is 0 Å². The smallest absolute Gasteiger partial charge is 0.246 e. The van der Waals surface area contributed by atoms with Crippen molar-refractivity contribution < 1.29 is 14.3 Å². The molecule has 0 fully saturated rings. The summed E-state index contributed by atoms with van der Waals surface area (Å²) in [6.45, 7) is 3.46. The van der Waals surface area contributed by atoms with Gasteiger partial charge in [-0.25, -0.2) is 0 Å². The predicted octanol–water partition coefficient (Wildman–Crippen LogP) is 0.560. The molecule has 7 nitrogen and oxygen atoms in total. The highest BCUT2D eigenvalue weighted by Gasteiger charge is 2.26. The molecule has 0 bridgehead atoms. The van der Waals surface area contributed by atoms with E-state index in [1.54, 1.807) is 6.92 Å². The molecule has 1 aromatic rings. The number of hydrogen-bond donors (Lipinski definition) is 2. The van der Waals surface area contributed by atoms with Gasteiger partial charge in [-0.05, 0) is 13.3 Å². The topological polar surface area (TPSA) is 99.4 Å². The highest BCUT2D eigenvalue weighted by atomic mass is 16.5. The Kier molecular flexibility index (Phi) is 4.43. The number of rotatable bonds is 5. The zero-order chi connectivity index (χ0) is 13.8. The molecule has 0 spiro atoms. The Morgan fingerprint density at radius 1 is 1.39 bits per heavy atom. The normalized spacial score (nSPS) is 13.6. The molecule has 0 aromatic carbocycles. The van der Waals surface area contributed by atoms with E-state index in [1.807, 2.05) is 6.92 Å². The summed E-state index contributed by atoms with van der Waals surface area (Å²) in [5, 5.41) is 2.54. The molecule has 0 radical (unpaired) electrons. The van der Waals surface area contributed by atoms with E-state index < -0.39 is 5.54 Å². The average Bonchev–Trinajstić information content (AvgIpc) is 2.37. The zero-order valence-electron chi connectivity index (χ0n) is 11.0. The highest BCUT2D eigenvalue weighted by Crippen LogP contribution is 2.18. The second kappa shape index (κ2) is 5.63. The summed E-state index contributed by atoms with van der Waals surface area (Å²) in [7, 11) is 2.93. The fraction of sp³-hybridized carbons (Fsp3) is 0.545. The number of hydrogen-bond acceptors (Lipinski definition) is 6. The standard InChI is InChI=1S/C11H18N4O3/c1-5-11(2,12)9(16)15-10-13-7(17-3)6-8(14-10)18-4/h6H,5,12H2,1-4H3,(H,13,14,15,16).